The number of hydrogen-bond donors (Lipinski definition) is 0. The van der Waals surface area contributed by atoms with Gasteiger partial charge in [0.15, 0.2) is 5.78 Å². The maximum absolute atomic E-state index is 13.0. The molecule has 1 aromatic heterocycles. The average molecular weight is 406 g/mol. The van der Waals surface area contributed by atoms with Crippen LogP contribution in [0.25, 0.3) is 22.0 Å². The molecule has 3 aromatic carbocycles. The summed E-state index contributed by atoms with van der Waals surface area (Å²) < 4.78 is 10.9. The van der Waals surface area contributed by atoms with Crippen LogP contribution in [0.5, 0.6) is 5.75 Å². The first-order valence-electron chi connectivity index (χ1n) is 8.93. The molecule has 29 heavy (non-hydrogen) atoms. The van der Waals surface area contributed by atoms with Gasteiger partial charge in [0.05, 0.1) is 10.6 Å². The monoisotopic (exact) mass is 405 g/mol. The quantitative estimate of drug-likeness (QED) is 0.241. The van der Waals surface area contributed by atoms with Gasteiger partial charge in [0, 0.05) is 5.56 Å². The van der Waals surface area contributed by atoms with Crippen LogP contribution >= 0.6 is 11.6 Å². The molecule has 4 aromatic rings. The molecule has 0 saturated heterocycles. The van der Waals surface area contributed by atoms with Crippen molar-refractivity contribution in [1.29, 1.82) is 0 Å². The van der Waals surface area contributed by atoms with E-state index in [0.29, 0.717) is 27.6 Å². The van der Waals surface area contributed by atoms with Crippen LogP contribution in [0.2, 0.25) is 5.02 Å². The number of halogens is 1. The third-order valence-electron chi connectivity index (χ3n) is 4.64. The predicted molar refractivity (Wildman–Crippen MR) is 111 cm³/mol. The van der Waals surface area contributed by atoms with E-state index in [1.807, 2.05) is 24.3 Å². The molecule has 4 rings (SSSR count). The van der Waals surface area contributed by atoms with Crippen LogP contribution in [0, 0.1) is 6.92 Å². The Kier molecular flexibility index (Phi) is 4.91. The van der Waals surface area contributed by atoms with Gasteiger partial charge in [0.25, 0.3) is 0 Å². The third-order valence-corrected chi connectivity index (χ3v) is 4.97. The average Bonchev–Trinajstić information content (AvgIpc) is 3.09. The second-order valence-electron chi connectivity index (χ2n) is 6.55. The fourth-order valence-corrected chi connectivity index (χ4v) is 3.53. The van der Waals surface area contributed by atoms with E-state index in [2.05, 4.69) is 5.16 Å². The van der Waals surface area contributed by atoms with Crippen molar-refractivity contribution >= 4 is 34.1 Å². The van der Waals surface area contributed by atoms with Crippen molar-refractivity contribution in [3.63, 3.8) is 0 Å². The minimum atomic E-state index is -0.670. The first-order chi connectivity index (χ1) is 14.0. The van der Waals surface area contributed by atoms with E-state index < -0.39 is 5.97 Å². The Morgan fingerprint density at radius 2 is 1.69 bits per heavy atom. The van der Waals surface area contributed by atoms with Gasteiger partial charge in [-0.2, -0.15) is 0 Å². The molecule has 5 nitrogen and oxygen atoms in total. The van der Waals surface area contributed by atoms with Crippen molar-refractivity contribution in [2.24, 2.45) is 0 Å². The maximum Gasteiger partial charge on any atom is 0.349 e. The summed E-state index contributed by atoms with van der Waals surface area (Å²) in [5.74, 6) is -0.378. The fourth-order valence-electron chi connectivity index (χ4n) is 3.30. The second kappa shape index (κ2) is 7.53. The number of esters is 1. The van der Waals surface area contributed by atoms with Crippen molar-refractivity contribution < 1.29 is 18.8 Å². The first-order valence-corrected chi connectivity index (χ1v) is 9.31. The van der Waals surface area contributed by atoms with Gasteiger partial charge in [0.1, 0.15) is 22.8 Å². The van der Waals surface area contributed by atoms with Crippen LogP contribution in [0.4, 0.5) is 0 Å². The Balaban J connectivity index is 1.79. The van der Waals surface area contributed by atoms with Crippen molar-refractivity contribution in [3.8, 4) is 17.0 Å². The first kappa shape index (κ1) is 18.9. The number of aromatic nitrogens is 1. The standard InChI is InChI=1S/C23H16ClNO4/c1-13(26)20-16-8-4-3-7-15(16)11-12-19(20)28-23(27)21-14(2)29-25-22(21)17-9-5-6-10-18(17)24/h3-12H,1-2H3. The molecule has 0 spiro atoms. The number of Topliss-reactive ketones (excluding diaryl/α,β-unsaturated/α-hetero) is 1. The number of nitrogens with zero attached hydrogens (tertiary/aromatic N) is 1. The molecule has 0 N–H and O–H groups in total. The van der Waals surface area contributed by atoms with Crippen LogP contribution in [0.1, 0.15) is 33.4 Å². The Labute approximate surface area is 171 Å². The number of rotatable bonds is 4. The highest BCUT2D eigenvalue weighted by molar-refractivity contribution is 6.33. The summed E-state index contributed by atoms with van der Waals surface area (Å²) in [5, 5.41) is 6.03. The minimum Gasteiger partial charge on any atom is -0.422 e. The molecular weight excluding hydrogens is 390 g/mol. The summed E-state index contributed by atoms with van der Waals surface area (Å²) in [6.07, 6.45) is 0. The highest BCUT2D eigenvalue weighted by Crippen LogP contribution is 2.33. The Morgan fingerprint density at radius 1 is 0.966 bits per heavy atom. The molecular formula is C23H16ClNO4. The molecule has 0 saturated carbocycles. The number of hydrogen-bond acceptors (Lipinski definition) is 5. The van der Waals surface area contributed by atoms with Gasteiger partial charge in [0.2, 0.25) is 0 Å². The number of ketones is 1. The second-order valence-corrected chi connectivity index (χ2v) is 6.95. The van der Waals surface area contributed by atoms with Crippen molar-refractivity contribution in [2.45, 2.75) is 13.8 Å². The highest BCUT2D eigenvalue weighted by atomic mass is 35.5. The lowest BCUT2D eigenvalue weighted by atomic mass is 10.0. The van der Waals surface area contributed by atoms with Gasteiger partial charge in [-0.05, 0) is 36.8 Å². The van der Waals surface area contributed by atoms with E-state index in [4.69, 9.17) is 20.9 Å². The van der Waals surface area contributed by atoms with E-state index in [-0.39, 0.29) is 17.1 Å². The van der Waals surface area contributed by atoms with E-state index in [0.717, 1.165) is 10.8 Å². The largest absolute Gasteiger partial charge is 0.422 e. The number of carbonyl (C=O) groups excluding carboxylic acids is 2. The zero-order chi connectivity index (χ0) is 20.5. The number of aryl methyl sites for hydroxylation is 1. The summed E-state index contributed by atoms with van der Waals surface area (Å²) in [5.41, 5.74) is 1.37. The molecule has 0 atom stereocenters. The zero-order valence-corrected chi connectivity index (χ0v) is 16.5. The Hall–Kier alpha value is -3.44. The Bertz CT molecular complexity index is 1260. The van der Waals surface area contributed by atoms with Gasteiger partial charge in [-0.15, -0.1) is 0 Å². The van der Waals surface area contributed by atoms with Gasteiger partial charge >= 0.3 is 5.97 Å². The van der Waals surface area contributed by atoms with Crippen LogP contribution in [0.3, 0.4) is 0 Å². The van der Waals surface area contributed by atoms with Crippen molar-refractivity contribution in [1.82, 2.24) is 5.16 Å². The van der Waals surface area contributed by atoms with E-state index in [1.54, 1.807) is 43.3 Å². The molecule has 0 amide bonds. The lowest BCUT2D eigenvalue weighted by Gasteiger charge is -2.11. The predicted octanol–water partition coefficient (Wildman–Crippen LogP) is 5.88. The molecule has 0 aliphatic carbocycles. The number of fused-ring (bicyclic) bond motifs is 1. The SMILES string of the molecule is CC(=O)c1c(OC(=O)c2c(-c3ccccc3Cl)noc2C)ccc2ccccc12. The summed E-state index contributed by atoms with van der Waals surface area (Å²) in [4.78, 5) is 25.3. The van der Waals surface area contributed by atoms with Crippen molar-refractivity contribution in [2.75, 3.05) is 0 Å². The third kappa shape index (κ3) is 3.41. The molecule has 144 valence electrons. The number of ether oxygens (including phenoxy) is 1. The zero-order valence-electron chi connectivity index (χ0n) is 15.7. The van der Waals surface area contributed by atoms with Gasteiger partial charge in [-0.25, -0.2) is 4.79 Å². The summed E-state index contributed by atoms with van der Waals surface area (Å²) in [6, 6.07) is 17.9. The molecule has 0 bridgehead atoms. The molecule has 0 unspecified atom stereocenters. The number of benzene rings is 3. The molecule has 6 heteroatoms. The minimum absolute atomic E-state index is 0.167. The summed E-state index contributed by atoms with van der Waals surface area (Å²) in [7, 11) is 0. The highest BCUT2D eigenvalue weighted by Gasteiger charge is 2.26. The van der Waals surface area contributed by atoms with Crippen LogP contribution in [-0.4, -0.2) is 16.9 Å². The molecule has 1 heterocycles. The lowest BCUT2D eigenvalue weighted by Crippen LogP contribution is -2.13. The van der Waals surface area contributed by atoms with Gasteiger partial charge in [-0.1, -0.05) is 65.3 Å². The van der Waals surface area contributed by atoms with Crippen LogP contribution in [0.15, 0.2) is 65.2 Å². The molecule has 0 radical (unpaired) electrons. The van der Waals surface area contributed by atoms with Crippen LogP contribution in [-0.2, 0) is 0 Å². The van der Waals surface area contributed by atoms with Crippen LogP contribution < -0.4 is 4.74 Å². The van der Waals surface area contributed by atoms with E-state index in [9.17, 15) is 9.59 Å². The smallest absolute Gasteiger partial charge is 0.349 e. The van der Waals surface area contributed by atoms with E-state index >= 15 is 0 Å². The Morgan fingerprint density at radius 3 is 2.45 bits per heavy atom. The molecule has 0 aliphatic rings. The lowest BCUT2D eigenvalue weighted by molar-refractivity contribution is 0.0732. The molecule has 0 aliphatic heterocycles. The summed E-state index contributed by atoms with van der Waals surface area (Å²) >= 11 is 6.26. The molecule has 0 fully saturated rings. The van der Waals surface area contributed by atoms with E-state index in [1.165, 1.54) is 6.92 Å². The normalized spacial score (nSPS) is 10.9. The van der Waals surface area contributed by atoms with Gasteiger partial charge < -0.3 is 9.26 Å². The topological polar surface area (TPSA) is 69.4 Å². The summed E-state index contributed by atoms with van der Waals surface area (Å²) in [6.45, 7) is 3.06. The van der Waals surface area contributed by atoms with Crippen molar-refractivity contribution in [3.05, 3.63) is 82.6 Å². The maximum atomic E-state index is 13.0. The number of carbonyl (C=O) groups is 2. The van der Waals surface area contributed by atoms with Gasteiger partial charge in [-0.3, -0.25) is 4.79 Å². The fraction of sp³-hybridized carbons (Fsp3) is 0.0870.